The van der Waals surface area contributed by atoms with E-state index in [1.165, 1.54) is 6.26 Å². The Hall–Kier alpha value is -3.09. The fraction of sp³-hybridized carbons (Fsp3) is 0.316. The third-order valence-electron chi connectivity index (χ3n) is 5.18. The number of likely N-dealkylation sites (tertiary alicyclic amines) is 1. The van der Waals surface area contributed by atoms with Crippen molar-refractivity contribution >= 4 is 17.8 Å². The molecule has 1 amide bonds. The smallest absolute Gasteiger partial charge is 0.336 e. The first-order valence-electron chi connectivity index (χ1n) is 8.25. The highest BCUT2D eigenvalue weighted by Crippen LogP contribution is 2.49. The van der Waals surface area contributed by atoms with Gasteiger partial charge in [0.05, 0.1) is 23.4 Å². The lowest BCUT2D eigenvalue weighted by atomic mass is 9.97. The summed E-state index contributed by atoms with van der Waals surface area (Å²) in [5, 5.41) is 9.22. The minimum Gasteiger partial charge on any atom is -0.478 e. The van der Waals surface area contributed by atoms with Crippen LogP contribution in [0.3, 0.4) is 0 Å². The van der Waals surface area contributed by atoms with Crippen LogP contribution in [0, 0.1) is 5.92 Å². The van der Waals surface area contributed by atoms with Gasteiger partial charge >= 0.3 is 11.9 Å². The van der Waals surface area contributed by atoms with Crippen LogP contribution in [-0.2, 0) is 25.5 Å². The third-order valence-corrected chi connectivity index (χ3v) is 5.18. The summed E-state index contributed by atoms with van der Waals surface area (Å²) in [5.41, 5.74) is 3.06. The van der Waals surface area contributed by atoms with E-state index >= 15 is 0 Å². The van der Waals surface area contributed by atoms with E-state index in [1.54, 1.807) is 43.1 Å². The van der Waals surface area contributed by atoms with Crippen LogP contribution >= 0.6 is 0 Å². The number of carbonyl (C=O) groups excluding carboxylic acids is 2. The van der Waals surface area contributed by atoms with E-state index < -0.39 is 18.2 Å². The Morgan fingerprint density at radius 2 is 2.15 bits per heavy atom. The van der Waals surface area contributed by atoms with Crippen molar-refractivity contribution in [2.24, 2.45) is 5.92 Å². The van der Waals surface area contributed by atoms with Crippen LogP contribution in [0.1, 0.15) is 34.5 Å². The lowest BCUT2D eigenvalue weighted by Crippen LogP contribution is -2.23. The number of amides is 1. The van der Waals surface area contributed by atoms with Crippen molar-refractivity contribution in [3.8, 4) is 0 Å². The second-order valence-corrected chi connectivity index (χ2v) is 6.72. The average Bonchev–Trinajstić information content (AvgIpc) is 3.20. The van der Waals surface area contributed by atoms with Crippen molar-refractivity contribution in [2.45, 2.75) is 25.7 Å². The molecule has 7 nitrogen and oxygen atoms in total. The Balaban J connectivity index is 1.62. The maximum atomic E-state index is 12.6. The van der Waals surface area contributed by atoms with E-state index in [2.05, 4.69) is 0 Å². The summed E-state index contributed by atoms with van der Waals surface area (Å²) in [6.45, 7) is 1.64. The molecule has 4 rings (SSSR count). The van der Waals surface area contributed by atoms with Crippen molar-refractivity contribution in [2.75, 3.05) is 7.05 Å². The van der Waals surface area contributed by atoms with Crippen LogP contribution in [0.15, 0.2) is 41.7 Å². The Labute approximate surface area is 149 Å². The summed E-state index contributed by atoms with van der Waals surface area (Å²) >= 11 is 0. The number of esters is 1. The monoisotopic (exact) mass is 355 g/mol. The second-order valence-electron chi connectivity index (χ2n) is 6.72. The van der Waals surface area contributed by atoms with Gasteiger partial charge in [-0.05, 0) is 36.6 Å². The first-order chi connectivity index (χ1) is 12.4. The van der Waals surface area contributed by atoms with Gasteiger partial charge in [-0.1, -0.05) is 6.07 Å². The van der Waals surface area contributed by atoms with Gasteiger partial charge in [-0.2, -0.15) is 0 Å². The summed E-state index contributed by atoms with van der Waals surface area (Å²) in [6.07, 6.45) is 2.74. The fourth-order valence-electron chi connectivity index (χ4n) is 3.85. The Morgan fingerprint density at radius 3 is 2.81 bits per heavy atom. The number of rotatable bonds is 3. The van der Waals surface area contributed by atoms with Gasteiger partial charge in [0.25, 0.3) is 12.2 Å². The molecule has 0 unspecified atom stereocenters. The molecule has 0 bridgehead atoms. The molecule has 2 aliphatic heterocycles. The van der Waals surface area contributed by atoms with Gasteiger partial charge in [0.15, 0.2) is 0 Å². The predicted molar refractivity (Wildman–Crippen MR) is 88.9 cm³/mol. The number of carboxylic acid groups (broad SMARTS) is 1. The third kappa shape index (κ3) is 2.39. The summed E-state index contributed by atoms with van der Waals surface area (Å²) in [5.74, 6) is -1.71. The van der Waals surface area contributed by atoms with Gasteiger partial charge in [0.2, 0.25) is 0 Å². The highest BCUT2D eigenvalue weighted by atomic mass is 16.7. The molecule has 0 spiro atoms. The summed E-state index contributed by atoms with van der Waals surface area (Å²) < 4.78 is 10.5. The molecule has 0 saturated carbocycles. The van der Waals surface area contributed by atoms with Gasteiger partial charge in [-0.15, -0.1) is 0 Å². The SMILES string of the molecule is CC1=C[C@@H](OC=C2C(=O)N(C)[C@H]3c4cc(C(=O)O)ccc4C[C@H]23)OC1=O. The van der Waals surface area contributed by atoms with Crippen LogP contribution < -0.4 is 0 Å². The van der Waals surface area contributed by atoms with E-state index in [0.717, 1.165) is 11.1 Å². The zero-order valence-corrected chi connectivity index (χ0v) is 14.3. The van der Waals surface area contributed by atoms with Crippen LogP contribution in [-0.4, -0.2) is 41.2 Å². The molecular weight excluding hydrogens is 338 g/mol. The van der Waals surface area contributed by atoms with Crippen molar-refractivity contribution in [1.29, 1.82) is 0 Å². The minimum atomic E-state index is -0.993. The Bertz CT molecular complexity index is 899. The van der Waals surface area contributed by atoms with Crippen molar-refractivity contribution < 1.29 is 29.0 Å². The van der Waals surface area contributed by atoms with E-state index in [1.807, 2.05) is 0 Å². The number of nitrogens with zero attached hydrogens (tertiary/aromatic N) is 1. The predicted octanol–water partition coefficient (Wildman–Crippen LogP) is 1.80. The molecule has 0 radical (unpaired) electrons. The van der Waals surface area contributed by atoms with Crippen molar-refractivity contribution in [3.05, 3.63) is 58.4 Å². The number of hydrogen-bond acceptors (Lipinski definition) is 5. The molecule has 1 fully saturated rings. The number of carbonyl (C=O) groups is 3. The first kappa shape index (κ1) is 16.4. The molecule has 1 N–H and O–H groups in total. The number of aromatic carboxylic acids is 1. The number of carboxylic acids is 1. The van der Waals surface area contributed by atoms with Gasteiger partial charge in [-0.25, -0.2) is 9.59 Å². The maximum absolute atomic E-state index is 12.6. The zero-order valence-electron chi connectivity index (χ0n) is 14.3. The zero-order chi connectivity index (χ0) is 18.6. The largest absolute Gasteiger partial charge is 0.478 e. The van der Waals surface area contributed by atoms with Gasteiger partial charge in [-0.3, -0.25) is 4.79 Å². The molecule has 3 atom stereocenters. The van der Waals surface area contributed by atoms with Gasteiger partial charge in [0, 0.05) is 24.6 Å². The summed E-state index contributed by atoms with van der Waals surface area (Å²) in [7, 11) is 1.70. The van der Waals surface area contributed by atoms with E-state index in [4.69, 9.17) is 9.47 Å². The fourth-order valence-corrected chi connectivity index (χ4v) is 3.85. The van der Waals surface area contributed by atoms with Crippen LogP contribution in [0.25, 0.3) is 0 Å². The van der Waals surface area contributed by atoms with Gasteiger partial charge in [0.1, 0.15) is 0 Å². The lowest BCUT2D eigenvalue weighted by molar-refractivity contribution is -0.152. The quantitative estimate of drug-likeness (QED) is 0.505. The lowest BCUT2D eigenvalue weighted by Gasteiger charge is -2.19. The molecule has 26 heavy (non-hydrogen) atoms. The first-order valence-corrected chi connectivity index (χ1v) is 8.25. The molecule has 134 valence electrons. The highest BCUT2D eigenvalue weighted by molar-refractivity contribution is 5.97. The van der Waals surface area contributed by atoms with Crippen LogP contribution in [0.2, 0.25) is 0 Å². The molecule has 1 saturated heterocycles. The van der Waals surface area contributed by atoms with Crippen molar-refractivity contribution in [3.63, 3.8) is 0 Å². The summed E-state index contributed by atoms with van der Waals surface area (Å²) in [4.78, 5) is 36.9. The minimum absolute atomic E-state index is 0.117. The number of ether oxygens (including phenoxy) is 2. The summed E-state index contributed by atoms with van der Waals surface area (Å²) in [6, 6.07) is 4.81. The Kier molecular flexibility index (Phi) is 3.61. The van der Waals surface area contributed by atoms with Crippen molar-refractivity contribution in [1.82, 2.24) is 4.90 Å². The maximum Gasteiger partial charge on any atom is 0.336 e. The van der Waals surface area contributed by atoms with Crippen LogP contribution in [0.4, 0.5) is 0 Å². The molecular formula is C19H17NO6. The average molecular weight is 355 g/mol. The number of likely N-dealkylation sites (N-methyl/N-ethyl adjacent to an activating group) is 1. The Morgan fingerprint density at radius 1 is 1.38 bits per heavy atom. The van der Waals surface area contributed by atoms with E-state index in [-0.39, 0.29) is 23.4 Å². The topological polar surface area (TPSA) is 93.1 Å². The molecule has 7 heteroatoms. The number of benzene rings is 1. The molecule has 3 aliphatic rings. The normalized spacial score (nSPS) is 28.1. The molecule has 1 aromatic carbocycles. The van der Waals surface area contributed by atoms with E-state index in [9.17, 15) is 19.5 Å². The standard InChI is InChI=1S/C19H17NO6/c1-9-5-15(26-19(9)24)25-8-14-13-6-10-3-4-11(18(22)23)7-12(10)16(13)20(2)17(14)21/h3-5,7-8,13,15-16H,6H2,1-2H3,(H,22,23)/t13-,15+,16+/m1/s1. The molecule has 1 aromatic rings. The van der Waals surface area contributed by atoms with Crippen LogP contribution in [0.5, 0.6) is 0 Å². The molecule has 1 aliphatic carbocycles. The highest BCUT2D eigenvalue weighted by Gasteiger charge is 2.48. The second kappa shape index (κ2) is 5.72. The van der Waals surface area contributed by atoms with Gasteiger partial charge < -0.3 is 19.5 Å². The van der Waals surface area contributed by atoms with E-state index in [0.29, 0.717) is 17.6 Å². The number of cyclic esters (lactones) is 1. The number of hydrogen-bond donors (Lipinski definition) is 1. The molecule has 0 aromatic heterocycles. The number of fused-ring (bicyclic) bond motifs is 3. The molecule has 2 heterocycles.